The van der Waals surface area contributed by atoms with Crippen LogP contribution in [-0.4, -0.2) is 14.0 Å². The van der Waals surface area contributed by atoms with Crippen molar-refractivity contribution < 1.29 is 17.2 Å². The van der Waals surface area contributed by atoms with Gasteiger partial charge in [-0.05, 0) is 48.2 Å². The van der Waals surface area contributed by atoms with Crippen molar-refractivity contribution in [2.45, 2.75) is 36.6 Å². The van der Waals surface area contributed by atoms with Gasteiger partial charge in [-0.1, -0.05) is 0 Å². The molecule has 0 spiro atoms. The van der Waals surface area contributed by atoms with E-state index < -0.39 is 32.1 Å². The fourth-order valence-corrected chi connectivity index (χ4v) is 4.60. The van der Waals surface area contributed by atoms with Gasteiger partial charge in [-0.15, -0.1) is 0 Å². The Hall–Kier alpha value is -0.530. The third-order valence-electron chi connectivity index (χ3n) is 3.07. The van der Waals surface area contributed by atoms with E-state index in [1.165, 1.54) is 0 Å². The van der Waals surface area contributed by atoms with Gasteiger partial charge in [0.15, 0.2) is 0 Å². The molecule has 1 saturated carbocycles. The summed E-state index contributed by atoms with van der Waals surface area (Å²) in [4.78, 5) is -0.544. The number of nitrogens with one attached hydrogen (secondary N) is 1. The molecule has 0 saturated heterocycles. The highest BCUT2D eigenvalue weighted by Crippen LogP contribution is 2.34. The summed E-state index contributed by atoms with van der Waals surface area (Å²) in [6, 6.07) is 1.49. The van der Waals surface area contributed by atoms with Crippen LogP contribution in [0.2, 0.25) is 0 Å². The van der Waals surface area contributed by atoms with Crippen molar-refractivity contribution in [2.75, 3.05) is 0 Å². The first-order valence-electron chi connectivity index (χ1n) is 5.42. The molecule has 1 aromatic carbocycles. The predicted molar refractivity (Wildman–Crippen MR) is 66.6 cm³/mol. The molecule has 18 heavy (non-hydrogen) atoms. The normalized spacial score (nSPS) is 18.4. The zero-order chi connectivity index (χ0) is 13.6. The summed E-state index contributed by atoms with van der Waals surface area (Å²) in [5, 5.41) is 0. The minimum Gasteiger partial charge on any atom is -0.207 e. The van der Waals surface area contributed by atoms with Crippen molar-refractivity contribution >= 4 is 26.0 Å². The van der Waals surface area contributed by atoms with Crippen LogP contribution < -0.4 is 4.72 Å². The first kappa shape index (κ1) is 13.9. The SMILES string of the molecule is CC1(NS(=O)(=O)c2c(F)cc(F)cc2Br)CCC1. The lowest BCUT2D eigenvalue weighted by Gasteiger charge is -2.38. The highest BCUT2D eigenvalue weighted by Gasteiger charge is 2.37. The first-order chi connectivity index (χ1) is 8.23. The van der Waals surface area contributed by atoms with Crippen molar-refractivity contribution in [3.63, 3.8) is 0 Å². The molecule has 1 aliphatic rings. The summed E-state index contributed by atoms with van der Waals surface area (Å²) >= 11 is 2.88. The molecular weight excluding hydrogens is 328 g/mol. The Kier molecular flexibility index (Phi) is 3.50. The van der Waals surface area contributed by atoms with Gasteiger partial charge in [0.05, 0.1) is 0 Å². The molecule has 0 unspecified atom stereocenters. The Morgan fingerprint density at radius 3 is 2.39 bits per heavy atom. The smallest absolute Gasteiger partial charge is 0.207 e. The molecule has 1 aromatic rings. The third-order valence-corrected chi connectivity index (χ3v) is 5.67. The topological polar surface area (TPSA) is 46.2 Å². The molecule has 0 radical (unpaired) electrons. The van der Waals surface area contributed by atoms with E-state index in [1.54, 1.807) is 6.92 Å². The molecule has 3 nitrogen and oxygen atoms in total. The first-order valence-corrected chi connectivity index (χ1v) is 7.70. The fraction of sp³-hybridized carbons (Fsp3) is 0.455. The largest absolute Gasteiger partial charge is 0.245 e. The van der Waals surface area contributed by atoms with Crippen LogP contribution in [0.3, 0.4) is 0 Å². The lowest BCUT2D eigenvalue weighted by atomic mass is 9.80. The molecule has 0 bridgehead atoms. The predicted octanol–water partition coefficient (Wildman–Crippen LogP) is 2.95. The lowest BCUT2D eigenvalue weighted by molar-refractivity contribution is 0.247. The van der Waals surface area contributed by atoms with Crippen LogP contribution in [0, 0.1) is 11.6 Å². The van der Waals surface area contributed by atoms with Crippen LogP contribution in [0.5, 0.6) is 0 Å². The molecule has 0 atom stereocenters. The molecule has 0 heterocycles. The second kappa shape index (κ2) is 4.54. The van der Waals surface area contributed by atoms with Crippen LogP contribution >= 0.6 is 15.9 Å². The van der Waals surface area contributed by atoms with Gasteiger partial charge in [0, 0.05) is 16.1 Å². The van der Waals surface area contributed by atoms with Crippen molar-refractivity contribution in [3.05, 3.63) is 28.2 Å². The van der Waals surface area contributed by atoms with Crippen LogP contribution in [0.4, 0.5) is 8.78 Å². The van der Waals surface area contributed by atoms with Gasteiger partial charge >= 0.3 is 0 Å². The maximum atomic E-state index is 13.6. The van der Waals surface area contributed by atoms with Crippen molar-refractivity contribution in [3.8, 4) is 0 Å². The van der Waals surface area contributed by atoms with Gasteiger partial charge in [0.2, 0.25) is 10.0 Å². The quantitative estimate of drug-likeness (QED) is 0.920. The average Bonchev–Trinajstić information content (AvgIpc) is 2.11. The van der Waals surface area contributed by atoms with E-state index in [9.17, 15) is 17.2 Å². The molecule has 0 amide bonds. The molecule has 7 heteroatoms. The fourth-order valence-electron chi connectivity index (χ4n) is 1.97. The molecule has 2 rings (SSSR count). The van der Waals surface area contributed by atoms with Gasteiger partial charge in [0.1, 0.15) is 16.5 Å². The number of halogens is 3. The molecule has 1 N–H and O–H groups in total. The van der Waals surface area contributed by atoms with E-state index in [-0.39, 0.29) is 4.47 Å². The average molecular weight is 340 g/mol. The maximum Gasteiger partial charge on any atom is 0.245 e. The van der Waals surface area contributed by atoms with E-state index >= 15 is 0 Å². The van der Waals surface area contributed by atoms with Crippen LogP contribution in [-0.2, 0) is 10.0 Å². The van der Waals surface area contributed by atoms with Crippen molar-refractivity contribution in [1.82, 2.24) is 4.72 Å². The van der Waals surface area contributed by atoms with Crippen LogP contribution in [0.15, 0.2) is 21.5 Å². The molecule has 0 aliphatic heterocycles. The molecule has 1 fully saturated rings. The minimum absolute atomic E-state index is 0.115. The molecule has 100 valence electrons. The van der Waals surface area contributed by atoms with Crippen molar-refractivity contribution in [2.24, 2.45) is 0 Å². The third kappa shape index (κ3) is 2.57. The minimum atomic E-state index is -4.00. The van der Waals surface area contributed by atoms with E-state index in [0.29, 0.717) is 18.9 Å². The summed E-state index contributed by atoms with van der Waals surface area (Å²) in [7, 11) is -4.00. The highest BCUT2D eigenvalue weighted by molar-refractivity contribution is 9.10. The van der Waals surface area contributed by atoms with E-state index in [1.807, 2.05) is 0 Å². The Bertz CT molecular complexity index is 562. The zero-order valence-electron chi connectivity index (χ0n) is 9.63. The number of hydrogen-bond acceptors (Lipinski definition) is 2. The summed E-state index contributed by atoms with van der Waals surface area (Å²) in [6.07, 6.45) is 2.37. The zero-order valence-corrected chi connectivity index (χ0v) is 12.0. The van der Waals surface area contributed by atoms with Gasteiger partial charge < -0.3 is 0 Å². The number of hydrogen-bond donors (Lipinski definition) is 1. The standard InChI is InChI=1S/C11H12BrF2NO2S/c1-11(3-2-4-11)15-18(16,17)10-8(12)5-7(13)6-9(10)14/h5-6,15H,2-4H2,1H3. The van der Waals surface area contributed by atoms with E-state index in [0.717, 1.165) is 12.5 Å². The van der Waals surface area contributed by atoms with Crippen molar-refractivity contribution in [1.29, 1.82) is 0 Å². The van der Waals surface area contributed by atoms with E-state index in [4.69, 9.17) is 0 Å². The monoisotopic (exact) mass is 339 g/mol. The van der Waals surface area contributed by atoms with Crippen LogP contribution in [0.1, 0.15) is 26.2 Å². The second-order valence-electron chi connectivity index (χ2n) is 4.72. The van der Waals surface area contributed by atoms with Gasteiger partial charge in [-0.3, -0.25) is 0 Å². The van der Waals surface area contributed by atoms with Gasteiger partial charge in [-0.25, -0.2) is 21.9 Å². The Balaban J connectivity index is 2.41. The van der Waals surface area contributed by atoms with E-state index in [2.05, 4.69) is 20.7 Å². The molecule has 1 aliphatic carbocycles. The number of rotatable bonds is 3. The summed E-state index contributed by atoms with van der Waals surface area (Å²) < 4.78 is 53.1. The second-order valence-corrected chi connectivity index (χ2v) is 7.19. The molecular formula is C11H12BrF2NO2S. The van der Waals surface area contributed by atoms with Crippen LogP contribution in [0.25, 0.3) is 0 Å². The summed E-state index contributed by atoms with van der Waals surface area (Å²) in [6.45, 7) is 1.77. The Morgan fingerprint density at radius 1 is 1.33 bits per heavy atom. The maximum absolute atomic E-state index is 13.6. The lowest BCUT2D eigenvalue weighted by Crippen LogP contribution is -2.50. The number of sulfonamides is 1. The number of benzene rings is 1. The highest BCUT2D eigenvalue weighted by atomic mass is 79.9. The summed E-state index contributed by atoms with van der Waals surface area (Å²) in [5.41, 5.74) is -0.529. The van der Waals surface area contributed by atoms with Gasteiger partial charge in [0.25, 0.3) is 0 Å². The summed E-state index contributed by atoms with van der Waals surface area (Å²) in [5.74, 6) is -1.93. The Labute approximate surface area is 113 Å². The Morgan fingerprint density at radius 2 is 1.94 bits per heavy atom. The van der Waals surface area contributed by atoms with Gasteiger partial charge in [-0.2, -0.15) is 0 Å². The molecule has 0 aromatic heterocycles.